The summed E-state index contributed by atoms with van der Waals surface area (Å²) in [6.07, 6.45) is 0. The van der Waals surface area contributed by atoms with Crippen molar-refractivity contribution < 1.29 is 20.4 Å². The van der Waals surface area contributed by atoms with Crippen LogP contribution in [-0.2, 0) is 20.4 Å². The molecule has 0 nitrogen and oxygen atoms in total. The van der Waals surface area contributed by atoms with Crippen molar-refractivity contribution in [3.8, 4) is 0 Å². The van der Waals surface area contributed by atoms with E-state index >= 15 is 0 Å². The number of benzene rings is 2. The summed E-state index contributed by atoms with van der Waals surface area (Å²) in [7, 11) is 0. The van der Waals surface area contributed by atoms with E-state index in [9.17, 15) is 0 Å². The molecular formula is C11H9Pd-. The molecule has 2 aromatic rings. The van der Waals surface area contributed by atoms with Crippen molar-refractivity contribution in [2.45, 2.75) is 6.92 Å². The summed E-state index contributed by atoms with van der Waals surface area (Å²) in [5, 5.41) is 2.60. The van der Waals surface area contributed by atoms with Gasteiger partial charge in [0.1, 0.15) is 0 Å². The minimum Gasteiger partial charge on any atom is -0.180 e. The van der Waals surface area contributed by atoms with Crippen LogP contribution in [0, 0.1) is 13.0 Å². The maximum atomic E-state index is 3.17. The van der Waals surface area contributed by atoms with E-state index in [0.29, 0.717) is 0 Å². The SMILES string of the molecule is Cc1[c-]ccc2ccccc12.[Pd]. The van der Waals surface area contributed by atoms with E-state index in [2.05, 4.69) is 43.3 Å². The van der Waals surface area contributed by atoms with Crippen molar-refractivity contribution in [2.24, 2.45) is 0 Å². The predicted molar refractivity (Wildman–Crippen MR) is 47.5 cm³/mol. The zero-order valence-electron chi connectivity index (χ0n) is 6.78. The molecular weight excluding hydrogens is 239 g/mol. The summed E-state index contributed by atoms with van der Waals surface area (Å²) >= 11 is 0. The van der Waals surface area contributed by atoms with Crippen LogP contribution in [0.15, 0.2) is 36.4 Å². The monoisotopic (exact) mass is 247 g/mol. The van der Waals surface area contributed by atoms with Crippen LogP contribution in [0.3, 0.4) is 0 Å². The third kappa shape index (κ3) is 1.58. The van der Waals surface area contributed by atoms with Gasteiger partial charge >= 0.3 is 0 Å². The van der Waals surface area contributed by atoms with Gasteiger partial charge in [0.25, 0.3) is 0 Å². The molecule has 0 aromatic heterocycles. The molecule has 0 aliphatic rings. The second kappa shape index (κ2) is 3.85. The van der Waals surface area contributed by atoms with Gasteiger partial charge in [-0.3, -0.25) is 0 Å². The first-order chi connectivity index (χ1) is 5.38. The number of aryl methyl sites for hydroxylation is 1. The summed E-state index contributed by atoms with van der Waals surface area (Å²) in [6.45, 7) is 2.09. The molecule has 0 saturated carbocycles. The van der Waals surface area contributed by atoms with Gasteiger partial charge in [-0.25, -0.2) is 0 Å². The topological polar surface area (TPSA) is 0 Å². The summed E-state index contributed by atoms with van der Waals surface area (Å²) < 4.78 is 0. The molecule has 2 rings (SSSR count). The van der Waals surface area contributed by atoms with Crippen LogP contribution in [0.1, 0.15) is 5.56 Å². The summed E-state index contributed by atoms with van der Waals surface area (Å²) in [4.78, 5) is 0. The molecule has 0 aliphatic heterocycles. The zero-order chi connectivity index (χ0) is 7.68. The van der Waals surface area contributed by atoms with Gasteiger partial charge in [-0.15, -0.1) is 16.8 Å². The first-order valence-electron chi connectivity index (χ1n) is 3.74. The van der Waals surface area contributed by atoms with Gasteiger partial charge in [0.2, 0.25) is 0 Å². The van der Waals surface area contributed by atoms with Crippen molar-refractivity contribution in [1.82, 2.24) is 0 Å². The van der Waals surface area contributed by atoms with Crippen LogP contribution in [0.25, 0.3) is 10.8 Å². The van der Waals surface area contributed by atoms with E-state index in [1.54, 1.807) is 0 Å². The van der Waals surface area contributed by atoms with Crippen LogP contribution >= 0.6 is 0 Å². The molecule has 1 heteroatoms. The molecule has 0 amide bonds. The van der Waals surface area contributed by atoms with E-state index in [4.69, 9.17) is 0 Å². The number of hydrogen-bond acceptors (Lipinski definition) is 0. The fourth-order valence-corrected chi connectivity index (χ4v) is 1.32. The molecule has 0 saturated heterocycles. The first-order valence-corrected chi connectivity index (χ1v) is 3.74. The minimum absolute atomic E-state index is 0. The van der Waals surface area contributed by atoms with Crippen molar-refractivity contribution in [1.29, 1.82) is 0 Å². The summed E-state index contributed by atoms with van der Waals surface area (Å²) in [5.41, 5.74) is 1.23. The third-order valence-electron chi connectivity index (χ3n) is 1.93. The van der Waals surface area contributed by atoms with Crippen molar-refractivity contribution in [3.63, 3.8) is 0 Å². The van der Waals surface area contributed by atoms with E-state index < -0.39 is 0 Å². The minimum atomic E-state index is 0. The van der Waals surface area contributed by atoms with Crippen LogP contribution in [0.5, 0.6) is 0 Å². The van der Waals surface area contributed by atoms with Gasteiger partial charge in [0, 0.05) is 20.4 Å². The number of rotatable bonds is 0. The fraction of sp³-hybridized carbons (Fsp3) is 0.0909. The Labute approximate surface area is 86.3 Å². The van der Waals surface area contributed by atoms with Crippen LogP contribution in [0.4, 0.5) is 0 Å². The molecule has 0 bridgehead atoms. The second-order valence-corrected chi connectivity index (χ2v) is 2.69. The van der Waals surface area contributed by atoms with Crippen molar-refractivity contribution >= 4 is 10.8 Å². The average molecular weight is 248 g/mol. The van der Waals surface area contributed by atoms with Gasteiger partial charge in [-0.2, -0.15) is 23.8 Å². The smallest absolute Gasteiger partial charge is 0 e. The quantitative estimate of drug-likeness (QED) is 0.496. The Kier molecular flexibility index (Phi) is 3.03. The van der Waals surface area contributed by atoms with E-state index in [-0.39, 0.29) is 20.4 Å². The van der Waals surface area contributed by atoms with Crippen LogP contribution in [0.2, 0.25) is 0 Å². The predicted octanol–water partition coefficient (Wildman–Crippen LogP) is 2.95. The Bertz CT molecular complexity index is 374. The largest absolute Gasteiger partial charge is 0.180 e. The Balaban J connectivity index is 0.000000720. The van der Waals surface area contributed by atoms with Gasteiger partial charge in [0.05, 0.1) is 0 Å². The molecule has 0 atom stereocenters. The Morgan fingerprint density at radius 3 is 2.58 bits per heavy atom. The van der Waals surface area contributed by atoms with Crippen molar-refractivity contribution in [3.05, 3.63) is 48.0 Å². The molecule has 0 N–H and O–H groups in total. The van der Waals surface area contributed by atoms with E-state index in [0.717, 1.165) is 0 Å². The van der Waals surface area contributed by atoms with Crippen molar-refractivity contribution in [2.75, 3.05) is 0 Å². The number of hydrogen-bond donors (Lipinski definition) is 0. The van der Waals surface area contributed by atoms with Crippen LogP contribution in [-0.4, -0.2) is 0 Å². The molecule has 12 heavy (non-hydrogen) atoms. The Morgan fingerprint density at radius 2 is 1.83 bits per heavy atom. The van der Waals surface area contributed by atoms with Gasteiger partial charge in [0.15, 0.2) is 0 Å². The van der Waals surface area contributed by atoms with Gasteiger partial charge in [-0.1, -0.05) is 25.1 Å². The molecule has 0 unspecified atom stereocenters. The summed E-state index contributed by atoms with van der Waals surface area (Å²) in [6, 6.07) is 15.6. The van der Waals surface area contributed by atoms with Crippen LogP contribution < -0.4 is 0 Å². The van der Waals surface area contributed by atoms with Gasteiger partial charge < -0.3 is 0 Å². The maximum Gasteiger partial charge on any atom is 0 e. The third-order valence-corrected chi connectivity index (χ3v) is 1.93. The summed E-state index contributed by atoms with van der Waals surface area (Å²) in [5.74, 6) is 0. The molecule has 0 radical (unpaired) electrons. The molecule has 64 valence electrons. The maximum absolute atomic E-state index is 3.17. The number of fused-ring (bicyclic) bond motifs is 1. The molecule has 0 aliphatic carbocycles. The van der Waals surface area contributed by atoms with E-state index in [1.807, 2.05) is 6.07 Å². The molecule has 0 spiro atoms. The normalized spacial score (nSPS) is 9.42. The molecule has 0 heterocycles. The fourth-order valence-electron chi connectivity index (χ4n) is 1.32. The Morgan fingerprint density at radius 1 is 1.08 bits per heavy atom. The van der Waals surface area contributed by atoms with Gasteiger partial charge in [-0.05, 0) is 0 Å². The zero-order valence-corrected chi connectivity index (χ0v) is 8.33. The van der Waals surface area contributed by atoms with E-state index in [1.165, 1.54) is 16.3 Å². The standard InChI is InChI=1S/C11H9.Pd/c1-9-5-4-7-10-6-2-3-8-11(9)10;/h2-4,6-8H,1H3;/q-1;. The molecule has 0 fully saturated rings. The molecule has 2 aromatic carbocycles. The average Bonchev–Trinajstić information content (AvgIpc) is 2.06. The Hall–Kier alpha value is -0.638. The second-order valence-electron chi connectivity index (χ2n) is 2.69. The first kappa shape index (κ1) is 9.45.